The molecule has 0 fully saturated rings. The second kappa shape index (κ2) is 6.07. The van der Waals surface area contributed by atoms with Gasteiger partial charge < -0.3 is 0 Å². The zero-order valence-corrected chi connectivity index (χ0v) is 11.0. The van der Waals surface area contributed by atoms with Gasteiger partial charge in [-0.25, -0.2) is 0 Å². The van der Waals surface area contributed by atoms with Crippen molar-refractivity contribution in [2.24, 2.45) is 5.92 Å². The van der Waals surface area contributed by atoms with Gasteiger partial charge in [0.15, 0.2) is 0 Å². The first-order valence-electron chi connectivity index (χ1n) is 6.40. The first-order valence-corrected chi connectivity index (χ1v) is 6.40. The third-order valence-corrected chi connectivity index (χ3v) is 2.74. The van der Waals surface area contributed by atoms with E-state index in [4.69, 9.17) is 0 Å². The van der Waals surface area contributed by atoms with E-state index in [-0.39, 0.29) is 0 Å². The minimum absolute atomic E-state index is 0.640. The Hall–Kier alpha value is -2.00. The van der Waals surface area contributed by atoms with Gasteiger partial charge in [0.2, 0.25) is 0 Å². The third kappa shape index (κ3) is 3.50. The molecule has 0 aliphatic rings. The van der Waals surface area contributed by atoms with E-state index in [1.165, 1.54) is 11.1 Å². The van der Waals surface area contributed by atoms with Crippen molar-refractivity contribution >= 4 is 0 Å². The third-order valence-electron chi connectivity index (χ3n) is 2.74. The highest BCUT2D eigenvalue weighted by Gasteiger charge is 1.95. The van der Waals surface area contributed by atoms with E-state index in [2.05, 4.69) is 74.2 Å². The van der Waals surface area contributed by atoms with E-state index in [1.54, 1.807) is 0 Å². The van der Waals surface area contributed by atoms with Crippen LogP contribution in [0.3, 0.4) is 0 Å². The molecule has 0 nitrogen and oxygen atoms in total. The summed E-state index contributed by atoms with van der Waals surface area (Å²) in [5.41, 5.74) is 3.58. The standard InChI is InChI=1S/C18H18/c1-15(2)7-6-8-16-11-13-18(14-12-16)17-9-4-3-5-10-17/h3-5,9-15H,7H2,1-2H3. The van der Waals surface area contributed by atoms with Crippen LogP contribution in [0.4, 0.5) is 0 Å². The maximum atomic E-state index is 3.21. The highest BCUT2D eigenvalue weighted by Crippen LogP contribution is 2.18. The molecule has 2 aromatic carbocycles. The number of benzene rings is 2. The van der Waals surface area contributed by atoms with Crippen LogP contribution < -0.4 is 0 Å². The normalized spacial score (nSPS) is 9.94. The van der Waals surface area contributed by atoms with Crippen LogP contribution in [0.25, 0.3) is 11.1 Å². The van der Waals surface area contributed by atoms with Crippen LogP contribution in [-0.2, 0) is 0 Å². The molecule has 0 saturated carbocycles. The Balaban J connectivity index is 2.13. The molecule has 2 rings (SSSR count). The Kier molecular flexibility index (Phi) is 4.20. The molecule has 90 valence electrons. The molecule has 18 heavy (non-hydrogen) atoms. The Labute approximate surface area is 110 Å². The summed E-state index contributed by atoms with van der Waals surface area (Å²) >= 11 is 0. The smallest absolute Gasteiger partial charge is 0.0245 e. The minimum atomic E-state index is 0.640. The van der Waals surface area contributed by atoms with E-state index in [0.717, 1.165) is 12.0 Å². The van der Waals surface area contributed by atoms with Crippen LogP contribution in [-0.4, -0.2) is 0 Å². The average Bonchev–Trinajstić information content (AvgIpc) is 2.40. The SMILES string of the molecule is CC(C)CC#Cc1ccc(-c2ccccc2)cc1. The van der Waals surface area contributed by atoms with Gasteiger partial charge in [0.25, 0.3) is 0 Å². The number of rotatable bonds is 2. The van der Waals surface area contributed by atoms with Crippen molar-refractivity contribution in [3.63, 3.8) is 0 Å². The van der Waals surface area contributed by atoms with Gasteiger partial charge in [-0.05, 0) is 29.2 Å². The molecule has 0 spiro atoms. The molecule has 2 aromatic rings. The summed E-state index contributed by atoms with van der Waals surface area (Å²) in [7, 11) is 0. The van der Waals surface area contributed by atoms with E-state index in [9.17, 15) is 0 Å². The second-order valence-electron chi connectivity index (χ2n) is 4.84. The van der Waals surface area contributed by atoms with Crippen molar-refractivity contribution in [3.05, 3.63) is 60.2 Å². The molecule has 0 amide bonds. The van der Waals surface area contributed by atoms with Crippen LogP contribution in [0.1, 0.15) is 25.8 Å². The summed E-state index contributed by atoms with van der Waals surface area (Å²) in [6.07, 6.45) is 0.959. The van der Waals surface area contributed by atoms with Gasteiger partial charge in [-0.15, -0.1) is 0 Å². The van der Waals surface area contributed by atoms with Gasteiger partial charge in [0, 0.05) is 12.0 Å². The Morgan fingerprint density at radius 1 is 0.833 bits per heavy atom. The monoisotopic (exact) mass is 234 g/mol. The lowest BCUT2D eigenvalue weighted by Gasteiger charge is -2.01. The zero-order valence-electron chi connectivity index (χ0n) is 11.0. The first-order chi connectivity index (χ1) is 8.75. The fraction of sp³-hybridized carbons (Fsp3) is 0.222. The Morgan fingerprint density at radius 2 is 1.44 bits per heavy atom. The van der Waals surface area contributed by atoms with Crippen molar-refractivity contribution in [3.8, 4) is 23.0 Å². The number of hydrogen-bond acceptors (Lipinski definition) is 0. The largest absolute Gasteiger partial charge is 0.0976 e. The van der Waals surface area contributed by atoms with Crippen LogP contribution in [0.15, 0.2) is 54.6 Å². The molecule has 0 unspecified atom stereocenters. The predicted octanol–water partition coefficient (Wildman–Crippen LogP) is 4.75. The summed E-state index contributed by atoms with van der Waals surface area (Å²) in [5, 5.41) is 0. The van der Waals surface area contributed by atoms with Gasteiger partial charge in [0.1, 0.15) is 0 Å². The summed E-state index contributed by atoms with van der Waals surface area (Å²) < 4.78 is 0. The van der Waals surface area contributed by atoms with Crippen molar-refractivity contribution < 1.29 is 0 Å². The van der Waals surface area contributed by atoms with Gasteiger partial charge in [-0.3, -0.25) is 0 Å². The summed E-state index contributed by atoms with van der Waals surface area (Å²) in [5.74, 6) is 7.05. The molecule has 0 saturated heterocycles. The lowest BCUT2D eigenvalue weighted by Crippen LogP contribution is -1.82. The van der Waals surface area contributed by atoms with E-state index in [1.807, 2.05) is 6.07 Å². The highest BCUT2D eigenvalue weighted by molar-refractivity contribution is 5.64. The minimum Gasteiger partial charge on any atom is -0.0976 e. The molecule has 0 aromatic heterocycles. The second-order valence-corrected chi connectivity index (χ2v) is 4.84. The zero-order chi connectivity index (χ0) is 12.8. The van der Waals surface area contributed by atoms with Crippen LogP contribution in [0.2, 0.25) is 0 Å². The van der Waals surface area contributed by atoms with Crippen molar-refractivity contribution in [1.29, 1.82) is 0 Å². The molecule has 0 atom stereocenters. The molecule has 0 aliphatic heterocycles. The van der Waals surface area contributed by atoms with Gasteiger partial charge in [0.05, 0.1) is 0 Å². The molecular weight excluding hydrogens is 216 g/mol. The summed E-state index contributed by atoms with van der Waals surface area (Å²) in [6, 6.07) is 18.9. The number of hydrogen-bond donors (Lipinski definition) is 0. The van der Waals surface area contributed by atoms with Gasteiger partial charge in [-0.1, -0.05) is 68.2 Å². The van der Waals surface area contributed by atoms with Crippen LogP contribution >= 0.6 is 0 Å². The molecule has 0 heterocycles. The molecule has 0 radical (unpaired) electrons. The predicted molar refractivity (Wildman–Crippen MR) is 78.2 cm³/mol. The van der Waals surface area contributed by atoms with Gasteiger partial charge in [-0.2, -0.15) is 0 Å². The quantitative estimate of drug-likeness (QED) is 0.658. The summed E-state index contributed by atoms with van der Waals surface area (Å²) in [6.45, 7) is 4.38. The fourth-order valence-corrected chi connectivity index (χ4v) is 1.73. The van der Waals surface area contributed by atoms with Crippen LogP contribution in [0.5, 0.6) is 0 Å². The Morgan fingerprint density at radius 3 is 2.06 bits per heavy atom. The highest BCUT2D eigenvalue weighted by atomic mass is 14.0. The average molecular weight is 234 g/mol. The maximum Gasteiger partial charge on any atom is 0.0245 e. The van der Waals surface area contributed by atoms with Crippen molar-refractivity contribution in [2.45, 2.75) is 20.3 Å². The Bertz CT molecular complexity index is 536. The fourth-order valence-electron chi connectivity index (χ4n) is 1.73. The van der Waals surface area contributed by atoms with Gasteiger partial charge >= 0.3 is 0 Å². The molecular formula is C18H18. The van der Waals surface area contributed by atoms with Crippen LogP contribution in [0, 0.1) is 17.8 Å². The van der Waals surface area contributed by atoms with E-state index < -0.39 is 0 Å². The lowest BCUT2D eigenvalue weighted by molar-refractivity contribution is 0.676. The topological polar surface area (TPSA) is 0 Å². The first kappa shape index (κ1) is 12.5. The maximum absolute atomic E-state index is 3.21. The summed E-state index contributed by atoms with van der Waals surface area (Å²) in [4.78, 5) is 0. The molecule has 0 aliphatic carbocycles. The van der Waals surface area contributed by atoms with Crippen molar-refractivity contribution in [2.75, 3.05) is 0 Å². The molecule has 0 heteroatoms. The molecule has 0 bridgehead atoms. The van der Waals surface area contributed by atoms with Crippen molar-refractivity contribution in [1.82, 2.24) is 0 Å². The lowest BCUT2D eigenvalue weighted by atomic mass is 10.0. The molecule has 0 N–H and O–H groups in total. The van der Waals surface area contributed by atoms with E-state index in [0.29, 0.717) is 5.92 Å². The van der Waals surface area contributed by atoms with E-state index >= 15 is 0 Å².